The molecule has 0 aliphatic carbocycles. The molecule has 0 fully saturated rings. The number of aromatic nitrogens is 1. The van der Waals surface area contributed by atoms with E-state index in [1.54, 1.807) is 23.9 Å². The molecule has 3 rings (SSSR count). The van der Waals surface area contributed by atoms with Crippen LogP contribution in [0.25, 0.3) is 10.6 Å². The van der Waals surface area contributed by atoms with Crippen molar-refractivity contribution in [1.29, 1.82) is 0 Å². The zero-order valence-corrected chi connectivity index (χ0v) is 12.3. The molecule has 0 saturated carbocycles. The van der Waals surface area contributed by atoms with Gasteiger partial charge in [0.25, 0.3) is 0 Å². The van der Waals surface area contributed by atoms with Crippen molar-refractivity contribution in [3.8, 4) is 16.3 Å². The highest BCUT2D eigenvalue weighted by Gasteiger charge is 2.07. The van der Waals surface area contributed by atoms with E-state index in [4.69, 9.17) is 9.15 Å². The predicted octanol–water partition coefficient (Wildman–Crippen LogP) is 4.74. The van der Waals surface area contributed by atoms with E-state index in [0.29, 0.717) is 6.61 Å². The van der Waals surface area contributed by atoms with E-state index in [9.17, 15) is 0 Å². The van der Waals surface area contributed by atoms with Crippen molar-refractivity contribution < 1.29 is 9.15 Å². The Balaban J connectivity index is 1.70. The first kappa shape index (κ1) is 12.4. The summed E-state index contributed by atoms with van der Waals surface area (Å²) in [5, 5.41) is 2.94. The number of thiazole rings is 1. The van der Waals surface area contributed by atoms with Crippen molar-refractivity contribution >= 4 is 27.3 Å². The number of para-hydroxylation sites is 1. The largest absolute Gasteiger partial charge is 0.486 e. The number of nitrogens with zero attached hydrogens (tertiary/aromatic N) is 1. The average Bonchev–Trinajstić information content (AvgIpc) is 3.09. The smallest absolute Gasteiger partial charge is 0.134 e. The van der Waals surface area contributed by atoms with Gasteiger partial charge in [0.2, 0.25) is 0 Å². The molecule has 19 heavy (non-hydrogen) atoms. The lowest BCUT2D eigenvalue weighted by molar-refractivity contribution is 0.300. The lowest BCUT2D eigenvalue weighted by Gasteiger charge is -2.05. The Morgan fingerprint density at radius 1 is 1.26 bits per heavy atom. The molecule has 0 aliphatic rings. The Morgan fingerprint density at radius 2 is 2.16 bits per heavy atom. The van der Waals surface area contributed by atoms with Gasteiger partial charge in [0.15, 0.2) is 0 Å². The molecule has 1 aromatic carbocycles. The maximum Gasteiger partial charge on any atom is 0.134 e. The zero-order chi connectivity index (χ0) is 13.1. The second-order valence-corrected chi connectivity index (χ2v) is 5.59. The Morgan fingerprint density at radius 3 is 2.95 bits per heavy atom. The van der Waals surface area contributed by atoms with Crippen molar-refractivity contribution in [2.75, 3.05) is 0 Å². The van der Waals surface area contributed by atoms with Crippen molar-refractivity contribution in [2.45, 2.75) is 6.61 Å². The molecular formula is C14H10BrNO2S. The summed E-state index contributed by atoms with van der Waals surface area (Å²) in [6.07, 6.45) is 3.34. The molecule has 0 bridgehead atoms. The summed E-state index contributed by atoms with van der Waals surface area (Å²) in [6, 6.07) is 9.67. The third-order valence-corrected chi connectivity index (χ3v) is 4.13. The Kier molecular flexibility index (Phi) is 3.66. The van der Waals surface area contributed by atoms with Gasteiger partial charge in [-0.1, -0.05) is 12.1 Å². The Labute approximate surface area is 123 Å². The third kappa shape index (κ3) is 2.88. The lowest BCUT2D eigenvalue weighted by Crippen LogP contribution is -1.96. The summed E-state index contributed by atoms with van der Waals surface area (Å²) in [5.74, 6) is 0.820. The maximum atomic E-state index is 5.73. The molecule has 0 spiro atoms. The predicted molar refractivity (Wildman–Crippen MR) is 78.3 cm³/mol. The number of rotatable bonds is 4. The first-order valence-electron chi connectivity index (χ1n) is 5.67. The summed E-state index contributed by atoms with van der Waals surface area (Å²) in [4.78, 5) is 4.52. The minimum absolute atomic E-state index is 0.455. The van der Waals surface area contributed by atoms with E-state index >= 15 is 0 Å². The molecule has 0 N–H and O–H groups in total. The van der Waals surface area contributed by atoms with Gasteiger partial charge in [-0.3, -0.25) is 0 Å². The van der Waals surface area contributed by atoms with Gasteiger partial charge in [-0.05, 0) is 34.1 Å². The van der Waals surface area contributed by atoms with Gasteiger partial charge in [0.1, 0.15) is 23.6 Å². The van der Waals surface area contributed by atoms with Gasteiger partial charge in [0.05, 0.1) is 16.4 Å². The van der Waals surface area contributed by atoms with Crippen LogP contribution in [0.4, 0.5) is 0 Å². The van der Waals surface area contributed by atoms with E-state index in [1.165, 1.54) is 0 Å². The van der Waals surface area contributed by atoms with E-state index in [1.807, 2.05) is 35.7 Å². The molecule has 0 atom stereocenters. The summed E-state index contributed by atoms with van der Waals surface area (Å²) in [7, 11) is 0. The van der Waals surface area contributed by atoms with Crippen LogP contribution < -0.4 is 4.74 Å². The SMILES string of the molecule is Brc1ccccc1OCc1csc(-c2ccoc2)n1. The first-order valence-corrected chi connectivity index (χ1v) is 7.34. The number of ether oxygens (including phenoxy) is 1. The van der Waals surface area contributed by atoms with Gasteiger partial charge < -0.3 is 9.15 Å². The van der Waals surface area contributed by atoms with Crippen LogP contribution in [0.5, 0.6) is 5.75 Å². The molecule has 0 unspecified atom stereocenters. The number of benzene rings is 1. The van der Waals surface area contributed by atoms with E-state index < -0.39 is 0 Å². The molecule has 3 aromatic rings. The van der Waals surface area contributed by atoms with Gasteiger partial charge in [-0.25, -0.2) is 4.98 Å². The van der Waals surface area contributed by atoms with Crippen LogP contribution >= 0.6 is 27.3 Å². The molecule has 2 aromatic heterocycles. The Hall–Kier alpha value is -1.59. The first-order chi connectivity index (χ1) is 9.33. The third-order valence-electron chi connectivity index (χ3n) is 2.53. The average molecular weight is 336 g/mol. The van der Waals surface area contributed by atoms with Gasteiger partial charge in [0, 0.05) is 10.9 Å². The van der Waals surface area contributed by atoms with Crippen LogP contribution in [-0.4, -0.2) is 4.98 Å². The molecule has 0 amide bonds. The highest BCUT2D eigenvalue weighted by Crippen LogP contribution is 2.27. The van der Waals surface area contributed by atoms with Crippen LogP contribution in [-0.2, 0) is 6.61 Å². The quantitative estimate of drug-likeness (QED) is 0.690. The van der Waals surface area contributed by atoms with Crippen LogP contribution in [0.2, 0.25) is 0 Å². The minimum Gasteiger partial charge on any atom is -0.486 e. The molecule has 96 valence electrons. The van der Waals surface area contributed by atoms with Crippen LogP contribution in [0.3, 0.4) is 0 Å². The molecule has 0 saturated heterocycles. The van der Waals surface area contributed by atoms with Crippen molar-refractivity contribution in [3.05, 3.63) is 58.4 Å². The molecular weight excluding hydrogens is 326 g/mol. The highest BCUT2D eigenvalue weighted by molar-refractivity contribution is 9.10. The standard InChI is InChI=1S/C14H10BrNO2S/c15-12-3-1-2-4-13(12)18-8-11-9-19-14(16-11)10-5-6-17-7-10/h1-7,9H,8H2. The van der Waals surface area contributed by atoms with Gasteiger partial charge in [-0.15, -0.1) is 11.3 Å². The molecule has 3 nitrogen and oxygen atoms in total. The highest BCUT2D eigenvalue weighted by atomic mass is 79.9. The topological polar surface area (TPSA) is 35.3 Å². The van der Waals surface area contributed by atoms with E-state index in [0.717, 1.165) is 26.5 Å². The monoisotopic (exact) mass is 335 g/mol. The van der Waals surface area contributed by atoms with Crippen molar-refractivity contribution in [1.82, 2.24) is 4.98 Å². The number of halogens is 1. The van der Waals surface area contributed by atoms with Crippen LogP contribution in [0.15, 0.2) is 57.1 Å². The fraction of sp³-hybridized carbons (Fsp3) is 0.0714. The number of hydrogen-bond acceptors (Lipinski definition) is 4. The summed E-state index contributed by atoms with van der Waals surface area (Å²) in [5.41, 5.74) is 1.91. The lowest BCUT2D eigenvalue weighted by atomic mass is 10.3. The van der Waals surface area contributed by atoms with Crippen LogP contribution in [0, 0.1) is 0 Å². The zero-order valence-electron chi connectivity index (χ0n) is 9.88. The normalized spacial score (nSPS) is 10.6. The fourth-order valence-electron chi connectivity index (χ4n) is 1.61. The van der Waals surface area contributed by atoms with Crippen molar-refractivity contribution in [3.63, 3.8) is 0 Å². The van der Waals surface area contributed by atoms with Crippen LogP contribution in [0.1, 0.15) is 5.69 Å². The molecule has 2 heterocycles. The summed E-state index contributed by atoms with van der Waals surface area (Å²) >= 11 is 5.04. The Bertz CT molecular complexity index is 664. The molecule has 0 aliphatic heterocycles. The fourth-order valence-corrected chi connectivity index (χ4v) is 2.80. The van der Waals surface area contributed by atoms with Gasteiger partial charge >= 0.3 is 0 Å². The summed E-state index contributed by atoms with van der Waals surface area (Å²) < 4.78 is 11.7. The second-order valence-electron chi connectivity index (χ2n) is 3.88. The van der Waals surface area contributed by atoms with E-state index in [-0.39, 0.29) is 0 Å². The minimum atomic E-state index is 0.455. The summed E-state index contributed by atoms with van der Waals surface area (Å²) in [6.45, 7) is 0.455. The van der Waals surface area contributed by atoms with E-state index in [2.05, 4.69) is 20.9 Å². The molecule has 5 heteroatoms. The number of hydrogen-bond donors (Lipinski definition) is 0. The van der Waals surface area contributed by atoms with Gasteiger partial charge in [-0.2, -0.15) is 0 Å². The van der Waals surface area contributed by atoms with Crippen molar-refractivity contribution in [2.24, 2.45) is 0 Å². The number of furan rings is 1. The second kappa shape index (κ2) is 5.59. The maximum absolute atomic E-state index is 5.73. The molecule has 0 radical (unpaired) electrons.